The van der Waals surface area contributed by atoms with Gasteiger partial charge in [-0.15, -0.1) is 0 Å². The number of thioether (sulfide) groups is 1. The number of halogens is 1. The lowest BCUT2D eigenvalue weighted by Gasteiger charge is -2.13. The van der Waals surface area contributed by atoms with Crippen LogP contribution in [0.1, 0.15) is 28.8 Å². The maximum atomic E-state index is 13.5. The maximum Gasteiger partial charge on any atom is 0.262 e. The van der Waals surface area contributed by atoms with E-state index >= 15 is 0 Å². The molecule has 0 unspecified atom stereocenters. The lowest BCUT2D eigenvalue weighted by Crippen LogP contribution is -2.26. The van der Waals surface area contributed by atoms with Crippen molar-refractivity contribution in [3.05, 3.63) is 87.2 Å². The van der Waals surface area contributed by atoms with Crippen LogP contribution in [-0.2, 0) is 17.9 Å². The van der Waals surface area contributed by atoms with Gasteiger partial charge >= 0.3 is 0 Å². The molecular weight excluding hydrogens is 554 g/mol. The van der Waals surface area contributed by atoms with Gasteiger partial charge in [-0.1, -0.05) is 35.5 Å². The van der Waals surface area contributed by atoms with E-state index in [2.05, 4.69) is 10.3 Å². The summed E-state index contributed by atoms with van der Waals surface area (Å²) >= 11 is 7.11. The Morgan fingerprint density at radius 2 is 1.80 bits per heavy atom. The molecule has 0 spiro atoms. The molecule has 0 aliphatic carbocycles. The third-order valence-corrected chi connectivity index (χ3v) is 7.57. The van der Waals surface area contributed by atoms with Gasteiger partial charge in [0.1, 0.15) is 5.75 Å². The molecule has 40 heavy (non-hydrogen) atoms. The minimum Gasteiger partial charge on any atom is -0.497 e. The first-order chi connectivity index (χ1) is 19.4. The topological polar surface area (TPSA) is 109 Å². The Balaban J connectivity index is 1.30. The van der Waals surface area contributed by atoms with Gasteiger partial charge in [0.25, 0.3) is 5.56 Å². The van der Waals surface area contributed by atoms with Crippen molar-refractivity contribution in [1.82, 2.24) is 14.9 Å². The van der Waals surface area contributed by atoms with E-state index in [1.807, 2.05) is 24.3 Å². The molecule has 2 heterocycles. The van der Waals surface area contributed by atoms with Gasteiger partial charge in [-0.3, -0.25) is 19.0 Å². The van der Waals surface area contributed by atoms with E-state index in [1.165, 1.54) is 16.3 Å². The van der Waals surface area contributed by atoms with Crippen molar-refractivity contribution in [1.29, 1.82) is 0 Å². The van der Waals surface area contributed by atoms with Gasteiger partial charge in [0.05, 0.1) is 23.8 Å². The predicted octanol–water partition coefficient (Wildman–Crippen LogP) is 4.86. The van der Waals surface area contributed by atoms with Crippen LogP contribution in [0, 0.1) is 0 Å². The van der Waals surface area contributed by atoms with Crippen LogP contribution < -0.4 is 25.1 Å². The van der Waals surface area contributed by atoms with E-state index in [0.29, 0.717) is 51.1 Å². The number of hydrogen-bond donors (Lipinski definition) is 1. The van der Waals surface area contributed by atoms with Gasteiger partial charge in [0.15, 0.2) is 22.4 Å². The monoisotopic (exact) mass is 579 g/mol. The van der Waals surface area contributed by atoms with Gasteiger partial charge in [-0.2, -0.15) is 0 Å². The van der Waals surface area contributed by atoms with Crippen LogP contribution in [0.15, 0.2) is 70.6 Å². The average molecular weight is 580 g/mol. The second-order valence-corrected chi connectivity index (χ2v) is 10.4. The van der Waals surface area contributed by atoms with Gasteiger partial charge in [-0.05, 0) is 54.4 Å². The number of nitrogens with zero attached hydrogens (tertiary/aromatic N) is 2. The van der Waals surface area contributed by atoms with Gasteiger partial charge < -0.3 is 19.5 Å². The number of nitrogens with one attached hydrogen (secondary N) is 1. The molecule has 9 nitrogen and oxygen atoms in total. The first kappa shape index (κ1) is 27.5. The third-order valence-electron chi connectivity index (χ3n) is 6.35. The lowest BCUT2D eigenvalue weighted by molar-refractivity contribution is -0.121. The number of ketones is 1. The molecule has 0 fully saturated rings. The molecule has 0 saturated carbocycles. The van der Waals surface area contributed by atoms with E-state index < -0.39 is 0 Å². The number of carbonyl (C=O) groups excluding carboxylic acids is 2. The number of methoxy groups -OCH3 is 1. The number of benzene rings is 3. The molecule has 0 atom stereocenters. The van der Waals surface area contributed by atoms with Crippen LogP contribution in [0.4, 0.5) is 0 Å². The highest BCUT2D eigenvalue weighted by Gasteiger charge is 2.20. The van der Waals surface area contributed by atoms with E-state index in [-0.39, 0.29) is 42.8 Å². The van der Waals surface area contributed by atoms with Crippen molar-refractivity contribution in [2.24, 2.45) is 0 Å². The molecule has 1 aromatic heterocycles. The Morgan fingerprint density at radius 1 is 1.07 bits per heavy atom. The molecule has 3 aromatic carbocycles. The van der Waals surface area contributed by atoms with E-state index in [0.717, 1.165) is 11.3 Å². The molecule has 1 aliphatic rings. The number of aromatic nitrogens is 2. The molecule has 0 saturated heterocycles. The highest BCUT2D eigenvalue weighted by molar-refractivity contribution is 7.99. The first-order valence-electron chi connectivity index (χ1n) is 12.6. The summed E-state index contributed by atoms with van der Waals surface area (Å²) in [5, 5.41) is 4.21. The predicted molar refractivity (Wildman–Crippen MR) is 153 cm³/mol. The van der Waals surface area contributed by atoms with Gasteiger partial charge in [-0.25, -0.2) is 4.98 Å². The quantitative estimate of drug-likeness (QED) is 0.152. The average Bonchev–Trinajstić information content (AvgIpc) is 3.43. The fraction of sp³-hybridized carbons (Fsp3) is 0.241. The number of fused-ring (bicyclic) bond motifs is 2. The highest BCUT2D eigenvalue weighted by atomic mass is 35.5. The Labute approximate surface area is 239 Å². The minimum atomic E-state index is -0.275. The fourth-order valence-corrected chi connectivity index (χ4v) is 5.22. The zero-order chi connectivity index (χ0) is 28.1. The largest absolute Gasteiger partial charge is 0.497 e. The number of rotatable bonds is 11. The summed E-state index contributed by atoms with van der Waals surface area (Å²) in [5.74, 6) is 1.57. The Kier molecular flexibility index (Phi) is 8.57. The van der Waals surface area contributed by atoms with Crippen LogP contribution in [0.25, 0.3) is 10.9 Å². The summed E-state index contributed by atoms with van der Waals surface area (Å²) in [4.78, 5) is 43.5. The van der Waals surface area contributed by atoms with Gasteiger partial charge in [0, 0.05) is 36.2 Å². The third kappa shape index (κ3) is 6.40. The molecule has 0 bridgehead atoms. The standard InChI is InChI=1S/C29H26ClN3O6S/c1-37-21-10-4-18(5-11-21)15-31-27(35)3-2-12-33-28(36)22-13-25-26(39-17-38-25)14-23(22)32-29(33)40-16-24(34)19-6-8-20(30)9-7-19/h4-11,13-14H,2-3,12,15-17H2,1H3,(H,31,35). The molecule has 5 rings (SSSR count). The van der Waals surface area contributed by atoms with E-state index in [4.69, 9.17) is 25.8 Å². The number of hydrogen-bond acceptors (Lipinski definition) is 8. The molecule has 4 aromatic rings. The van der Waals surface area contributed by atoms with E-state index in [1.54, 1.807) is 43.5 Å². The second kappa shape index (κ2) is 12.4. The zero-order valence-corrected chi connectivity index (χ0v) is 23.2. The van der Waals surface area contributed by atoms with Crippen molar-refractivity contribution >= 4 is 46.0 Å². The molecule has 11 heteroatoms. The zero-order valence-electron chi connectivity index (χ0n) is 21.6. The van der Waals surface area contributed by atoms with Crippen molar-refractivity contribution < 1.29 is 23.8 Å². The number of carbonyl (C=O) groups is 2. The summed E-state index contributed by atoms with van der Waals surface area (Å²) in [5.41, 5.74) is 1.64. The normalized spacial score (nSPS) is 11.9. The SMILES string of the molecule is COc1ccc(CNC(=O)CCCn2c(SCC(=O)c3ccc(Cl)cc3)nc3cc4c(cc3c2=O)OCO4)cc1. The number of ether oxygens (including phenoxy) is 3. The minimum absolute atomic E-state index is 0.0721. The Morgan fingerprint density at radius 3 is 2.52 bits per heavy atom. The molecule has 0 radical (unpaired) electrons. The van der Waals surface area contributed by atoms with Crippen LogP contribution in [0.5, 0.6) is 17.2 Å². The number of amides is 1. The second-order valence-electron chi connectivity index (χ2n) is 9.02. The van der Waals surface area contributed by atoms with Gasteiger partial charge in [0.2, 0.25) is 12.7 Å². The molecule has 1 aliphatic heterocycles. The molecule has 1 amide bonds. The Bertz CT molecular complexity index is 1610. The summed E-state index contributed by atoms with van der Waals surface area (Å²) in [7, 11) is 1.60. The van der Waals surface area contributed by atoms with E-state index in [9.17, 15) is 14.4 Å². The van der Waals surface area contributed by atoms with Crippen LogP contribution in [-0.4, -0.2) is 40.9 Å². The smallest absolute Gasteiger partial charge is 0.262 e. The number of Topliss-reactive ketones (excluding diaryl/α,β-unsaturated/α-hetero) is 1. The van der Waals surface area contributed by atoms with Crippen molar-refractivity contribution in [3.63, 3.8) is 0 Å². The Hall–Kier alpha value is -4.02. The summed E-state index contributed by atoms with van der Waals surface area (Å²) < 4.78 is 17.6. The molecule has 1 N–H and O–H groups in total. The lowest BCUT2D eigenvalue weighted by atomic mass is 10.1. The molecular formula is C29H26ClN3O6S. The fourth-order valence-electron chi connectivity index (χ4n) is 4.18. The van der Waals surface area contributed by atoms with Crippen molar-refractivity contribution in [2.45, 2.75) is 31.1 Å². The highest BCUT2D eigenvalue weighted by Crippen LogP contribution is 2.35. The van der Waals surface area contributed by atoms with Crippen molar-refractivity contribution in [3.8, 4) is 17.2 Å². The molecule has 206 valence electrons. The summed E-state index contributed by atoms with van der Waals surface area (Å²) in [6.07, 6.45) is 0.625. The maximum absolute atomic E-state index is 13.5. The van der Waals surface area contributed by atoms with Crippen molar-refractivity contribution in [2.75, 3.05) is 19.7 Å². The summed E-state index contributed by atoms with van der Waals surface area (Å²) in [6.45, 7) is 0.716. The first-order valence-corrected chi connectivity index (χ1v) is 13.9. The van der Waals surface area contributed by atoms with Crippen LogP contribution >= 0.6 is 23.4 Å². The van der Waals surface area contributed by atoms with Crippen LogP contribution in [0.2, 0.25) is 5.02 Å². The summed E-state index contributed by atoms with van der Waals surface area (Å²) in [6, 6.07) is 17.4. The van der Waals surface area contributed by atoms with Crippen LogP contribution in [0.3, 0.4) is 0 Å².